The van der Waals surface area contributed by atoms with Crippen LogP contribution in [0.3, 0.4) is 0 Å². The third-order valence-electron chi connectivity index (χ3n) is 3.42. The first kappa shape index (κ1) is 20.4. The van der Waals surface area contributed by atoms with Gasteiger partial charge in [-0.15, -0.1) is 0 Å². The summed E-state index contributed by atoms with van der Waals surface area (Å²) in [6, 6.07) is 11.1. The van der Waals surface area contributed by atoms with Crippen LogP contribution < -0.4 is 14.8 Å². The number of sulfonamides is 1. The van der Waals surface area contributed by atoms with Gasteiger partial charge in [-0.25, -0.2) is 13.1 Å². The van der Waals surface area contributed by atoms with Crippen LogP contribution in [0.2, 0.25) is 0 Å². The maximum absolute atomic E-state index is 12.6. The van der Waals surface area contributed by atoms with E-state index >= 15 is 0 Å². The van der Waals surface area contributed by atoms with Crippen LogP contribution in [0.25, 0.3) is 0 Å². The van der Waals surface area contributed by atoms with Gasteiger partial charge in [0.2, 0.25) is 10.0 Å². The lowest BCUT2D eigenvalue weighted by Crippen LogP contribution is -2.27. The van der Waals surface area contributed by atoms with E-state index in [0.29, 0.717) is 15.9 Å². The van der Waals surface area contributed by atoms with Crippen molar-refractivity contribution in [2.45, 2.75) is 4.90 Å². The Kier molecular flexibility index (Phi) is 7.15. The Bertz CT molecular complexity index is 886. The van der Waals surface area contributed by atoms with E-state index in [-0.39, 0.29) is 23.6 Å². The second kappa shape index (κ2) is 9.13. The molecular formula is C17H19BrN2O5S. The Hall–Kier alpha value is -1.94. The molecule has 2 rings (SSSR count). The molecule has 0 saturated carbocycles. The largest absolute Gasteiger partial charge is 0.497 e. The maximum atomic E-state index is 12.6. The Morgan fingerprint density at radius 3 is 2.62 bits per heavy atom. The average molecular weight is 443 g/mol. The number of anilines is 1. The molecule has 9 heteroatoms. The molecule has 1 amide bonds. The number of nitrogens with one attached hydrogen (secondary N) is 2. The molecule has 0 radical (unpaired) electrons. The molecule has 0 fully saturated rings. The van der Waals surface area contributed by atoms with Crippen LogP contribution in [-0.2, 0) is 14.8 Å². The third-order valence-corrected chi connectivity index (χ3v) is 5.57. The predicted molar refractivity (Wildman–Crippen MR) is 102 cm³/mol. The van der Waals surface area contributed by atoms with Gasteiger partial charge in [0.05, 0.1) is 24.2 Å². The zero-order valence-corrected chi connectivity index (χ0v) is 16.7. The summed E-state index contributed by atoms with van der Waals surface area (Å²) in [6.45, 7) is 0.388. The molecule has 2 aromatic carbocycles. The van der Waals surface area contributed by atoms with Crippen molar-refractivity contribution in [1.29, 1.82) is 0 Å². The van der Waals surface area contributed by atoms with Crippen molar-refractivity contribution in [2.24, 2.45) is 0 Å². The average Bonchev–Trinajstić information content (AvgIpc) is 2.62. The van der Waals surface area contributed by atoms with Crippen molar-refractivity contribution in [3.63, 3.8) is 0 Å². The van der Waals surface area contributed by atoms with Gasteiger partial charge in [-0.05, 0) is 46.3 Å². The molecule has 7 nitrogen and oxygen atoms in total. The van der Waals surface area contributed by atoms with Crippen molar-refractivity contribution in [2.75, 3.05) is 32.7 Å². The molecule has 2 N–H and O–H groups in total. The molecule has 2 aromatic rings. The Balaban J connectivity index is 2.24. The molecule has 0 spiro atoms. The van der Waals surface area contributed by atoms with E-state index < -0.39 is 15.9 Å². The van der Waals surface area contributed by atoms with Gasteiger partial charge in [-0.1, -0.05) is 6.07 Å². The highest BCUT2D eigenvalue weighted by molar-refractivity contribution is 9.10. The first-order valence-corrected chi connectivity index (χ1v) is 9.88. The molecule has 26 heavy (non-hydrogen) atoms. The number of rotatable bonds is 8. The number of methoxy groups -OCH3 is 2. The number of amides is 1. The fourth-order valence-corrected chi connectivity index (χ4v) is 3.57. The fraction of sp³-hybridized carbons (Fsp3) is 0.235. The van der Waals surface area contributed by atoms with Crippen LogP contribution in [0.15, 0.2) is 51.8 Å². The number of hydrogen-bond donors (Lipinski definition) is 2. The Labute approximate surface area is 160 Å². The van der Waals surface area contributed by atoms with Gasteiger partial charge < -0.3 is 14.8 Å². The fourth-order valence-electron chi connectivity index (χ4n) is 2.11. The minimum Gasteiger partial charge on any atom is -0.497 e. The van der Waals surface area contributed by atoms with Crippen molar-refractivity contribution in [3.8, 4) is 5.75 Å². The van der Waals surface area contributed by atoms with Crippen molar-refractivity contribution >= 4 is 37.5 Å². The van der Waals surface area contributed by atoms with E-state index in [1.54, 1.807) is 24.3 Å². The van der Waals surface area contributed by atoms with E-state index in [2.05, 4.69) is 26.0 Å². The highest BCUT2D eigenvalue weighted by atomic mass is 79.9. The maximum Gasteiger partial charge on any atom is 0.256 e. The summed E-state index contributed by atoms with van der Waals surface area (Å²) >= 11 is 3.28. The summed E-state index contributed by atoms with van der Waals surface area (Å²) in [7, 11) is -0.728. The molecule has 0 atom stereocenters. The molecular weight excluding hydrogens is 424 g/mol. The Morgan fingerprint density at radius 2 is 1.92 bits per heavy atom. The van der Waals surface area contributed by atoms with Gasteiger partial charge in [-0.3, -0.25) is 4.79 Å². The van der Waals surface area contributed by atoms with Crippen LogP contribution in [0.4, 0.5) is 5.69 Å². The molecule has 0 aromatic heterocycles. The monoisotopic (exact) mass is 442 g/mol. The van der Waals surface area contributed by atoms with Crippen LogP contribution in [0, 0.1) is 0 Å². The van der Waals surface area contributed by atoms with Gasteiger partial charge in [-0.2, -0.15) is 0 Å². The van der Waals surface area contributed by atoms with Crippen LogP contribution >= 0.6 is 15.9 Å². The van der Waals surface area contributed by atoms with Gasteiger partial charge >= 0.3 is 0 Å². The lowest BCUT2D eigenvalue weighted by molar-refractivity contribution is 0.102. The van der Waals surface area contributed by atoms with Crippen molar-refractivity contribution in [3.05, 3.63) is 52.5 Å². The number of carbonyl (C=O) groups excluding carboxylic acids is 1. The van der Waals surface area contributed by atoms with Crippen molar-refractivity contribution in [1.82, 2.24) is 4.72 Å². The number of ether oxygens (including phenoxy) is 2. The topological polar surface area (TPSA) is 93.7 Å². The molecule has 0 heterocycles. The summed E-state index contributed by atoms with van der Waals surface area (Å²) in [6.07, 6.45) is 0. The minimum absolute atomic E-state index is 0.00686. The lowest BCUT2D eigenvalue weighted by Gasteiger charge is -2.11. The Morgan fingerprint density at radius 1 is 1.15 bits per heavy atom. The summed E-state index contributed by atoms with van der Waals surface area (Å²) in [4.78, 5) is 12.6. The zero-order chi connectivity index (χ0) is 19.2. The van der Waals surface area contributed by atoms with Gasteiger partial charge in [0.15, 0.2) is 0 Å². The number of hydrogen-bond acceptors (Lipinski definition) is 5. The van der Waals surface area contributed by atoms with Crippen LogP contribution in [0.1, 0.15) is 10.4 Å². The normalized spacial score (nSPS) is 11.2. The van der Waals surface area contributed by atoms with Gasteiger partial charge in [0, 0.05) is 29.9 Å². The van der Waals surface area contributed by atoms with Crippen LogP contribution in [0.5, 0.6) is 5.75 Å². The summed E-state index contributed by atoms with van der Waals surface area (Å²) in [5.41, 5.74) is 0.732. The predicted octanol–water partition coefficient (Wildman–Crippen LogP) is 2.63. The lowest BCUT2D eigenvalue weighted by atomic mass is 10.2. The number of halogens is 1. The van der Waals surface area contributed by atoms with E-state index in [9.17, 15) is 13.2 Å². The molecule has 0 aliphatic carbocycles. The van der Waals surface area contributed by atoms with E-state index in [4.69, 9.17) is 9.47 Å². The summed E-state index contributed by atoms with van der Waals surface area (Å²) < 4.78 is 37.4. The number of benzene rings is 2. The SMILES string of the molecule is COCCNS(=O)(=O)c1ccc(Br)c(C(=O)Nc2cccc(OC)c2)c1. The second-order valence-electron chi connectivity index (χ2n) is 5.22. The second-order valence-corrected chi connectivity index (χ2v) is 7.84. The number of carbonyl (C=O) groups is 1. The van der Waals surface area contributed by atoms with E-state index in [0.717, 1.165) is 0 Å². The van der Waals surface area contributed by atoms with Crippen LogP contribution in [-0.4, -0.2) is 41.7 Å². The van der Waals surface area contributed by atoms with Gasteiger partial charge in [0.1, 0.15) is 5.75 Å². The standard InChI is InChI=1S/C17H19BrN2O5S/c1-24-9-8-19-26(22,23)14-6-7-16(18)15(11-14)17(21)20-12-4-3-5-13(10-12)25-2/h3-7,10-11,19H,8-9H2,1-2H3,(H,20,21). The third kappa shape index (κ3) is 5.28. The van der Waals surface area contributed by atoms with E-state index in [1.165, 1.54) is 32.4 Å². The molecule has 0 unspecified atom stereocenters. The minimum atomic E-state index is -3.74. The van der Waals surface area contributed by atoms with Gasteiger partial charge in [0.25, 0.3) is 5.91 Å². The molecule has 0 aliphatic heterocycles. The molecule has 140 valence electrons. The highest BCUT2D eigenvalue weighted by Crippen LogP contribution is 2.23. The smallest absolute Gasteiger partial charge is 0.256 e. The first-order valence-electron chi connectivity index (χ1n) is 7.61. The zero-order valence-electron chi connectivity index (χ0n) is 14.3. The van der Waals surface area contributed by atoms with Crippen molar-refractivity contribution < 1.29 is 22.7 Å². The molecule has 0 bridgehead atoms. The molecule has 0 aliphatic rings. The summed E-state index contributed by atoms with van der Waals surface area (Å²) in [5, 5.41) is 2.72. The highest BCUT2D eigenvalue weighted by Gasteiger charge is 2.18. The quantitative estimate of drug-likeness (QED) is 0.612. The first-order chi connectivity index (χ1) is 12.4. The summed E-state index contributed by atoms with van der Waals surface area (Å²) in [5.74, 6) is 0.152. The molecule has 0 saturated heterocycles. The van der Waals surface area contributed by atoms with E-state index in [1.807, 2.05) is 0 Å².